The van der Waals surface area contributed by atoms with E-state index in [1.807, 2.05) is 64.1 Å². The molecule has 4 rings (SSSR count). The SMILES string of the molecule is C.[C-]#[N+]C(=C\c1ccc(O)c(O)c1)/C(=C/c1ccc(O)c(O)c1)[N+]#[C-].[C-]#[N+]C(=C\c1ccc(OCC)c(OCC)c1)/C(=C/c1ccc(OCC)c(OCC)c1)[N+]#[C-]. The fourth-order valence-electron chi connectivity index (χ4n) is 4.86. The van der Waals surface area contributed by atoms with Gasteiger partial charge < -0.3 is 39.4 Å². The highest BCUT2D eigenvalue weighted by Crippen LogP contribution is 2.33. The van der Waals surface area contributed by atoms with Crippen LogP contribution >= 0.6 is 0 Å². The predicted molar refractivity (Wildman–Crippen MR) is 222 cm³/mol. The minimum atomic E-state index is -0.329. The highest BCUT2D eigenvalue weighted by atomic mass is 16.5. The Morgan fingerprint density at radius 3 is 0.947 bits per heavy atom. The van der Waals surface area contributed by atoms with Gasteiger partial charge in [0.1, 0.15) is 0 Å². The lowest BCUT2D eigenvalue weighted by atomic mass is 10.1. The Kier molecular flexibility index (Phi) is 18.4. The summed E-state index contributed by atoms with van der Waals surface area (Å²) in [6.07, 6.45) is 6.15. The molecule has 0 aliphatic heterocycles. The maximum atomic E-state index is 9.49. The fraction of sp³-hybridized carbons (Fsp3) is 0.200. The van der Waals surface area contributed by atoms with Crippen molar-refractivity contribution in [2.45, 2.75) is 35.1 Å². The van der Waals surface area contributed by atoms with E-state index in [9.17, 15) is 20.4 Å². The van der Waals surface area contributed by atoms with Crippen LogP contribution in [-0.2, 0) is 0 Å². The van der Waals surface area contributed by atoms with Crippen LogP contribution in [0.5, 0.6) is 46.0 Å². The molecule has 12 heteroatoms. The van der Waals surface area contributed by atoms with Crippen molar-refractivity contribution in [3.05, 3.63) is 164 Å². The van der Waals surface area contributed by atoms with Gasteiger partial charge in [0.2, 0.25) is 0 Å². The summed E-state index contributed by atoms with van der Waals surface area (Å²) in [5, 5.41) is 37.6. The van der Waals surface area contributed by atoms with E-state index in [0.29, 0.717) is 60.6 Å². The van der Waals surface area contributed by atoms with E-state index in [1.54, 1.807) is 12.2 Å². The van der Waals surface area contributed by atoms with Crippen molar-refractivity contribution in [2.75, 3.05) is 26.4 Å². The summed E-state index contributed by atoms with van der Waals surface area (Å²) < 4.78 is 22.5. The number of rotatable bonds is 14. The van der Waals surface area contributed by atoms with E-state index in [0.717, 1.165) is 11.1 Å². The van der Waals surface area contributed by atoms with Gasteiger partial charge in [0.15, 0.2) is 68.8 Å². The first-order valence-corrected chi connectivity index (χ1v) is 17.2. The Labute approximate surface area is 334 Å². The van der Waals surface area contributed by atoms with E-state index in [4.69, 9.17) is 45.2 Å². The number of phenolic OH excluding ortho intramolecular Hbond substituents is 4. The van der Waals surface area contributed by atoms with E-state index in [2.05, 4.69) is 19.4 Å². The van der Waals surface area contributed by atoms with Crippen LogP contribution in [0.1, 0.15) is 57.4 Å². The van der Waals surface area contributed by atoms with Crippen molar-refractivity contribution in [2.24, 2.45) is 0 Å². The Balaban J connectivity index is 0.000000402. The molecule has 0 spiro atoms. The molecule has 0 aliphatic carbocycles. The molecule has 0 aromatic heterocycles. The quantitative estimate of drug-likeness (QED) is 0.0566. The largest absolute Gasteiger partial charge is 0.504 e. The molecule has 0 bridgehead atoms. The highest BCUT2D eigenvalue weighted by Gasteiger charge is 2.12. The Bertz CT molecular complexity index is 2150. The number of benzene rings is 4. The second kappa shape index (κ2) is 23.1. The van der Waals surface area contributed by atoms with Crippen LogP contribution in [0.25, 0.3) is 43.7 Å². The molecule has 0 amide bonds. The van der Waals surface area contributed by atoms with E-state index >= 15 is 0 Å². The van der Waals surface area contributed by atoms with Crippen molar-refractivity contribution in [1.29, 1.82) is 0 Å². The van der Waals surface area contributed by atoms with Crippen molar-refractivity contribution in [3.8, 4) is 46.0 Å². The summed E-state index contributed by atoms with van der Waals surface area (Å²) in [6, 6.07) is 19.0. The molecule has 0 heterocycles. The van der Waals surface area contributed by atoms with Gasteiger partial charge in [0, 0.05) is 0 Å². The maximum Gasteiger partial charge on any atom is 0.195 e. The molecule has 0 saturated heterocycles. The van der Waals surface area contributed by atoms with Gasteiger partial charge >= 0.3 is 0 Å². The third-order valence-corrected chi connectivity index (χ3v) is 7.35. The molecular weight excluding hydrogens is 725 g/mol. The number of aromatic hydroxyl groups is 4. The standard InChI is InChI=1S/C26H28N2O4.C18H12N2O4.CH4/c1-7-29-23-13-11-19(17-25(23)31-9-3)15-21(27-5)22(28-6)16-20-12-14-24(30-8-2)26(18-20)32-10-4;1-19-13(7-11-3-5-15(21)17(23)9-11)14(20-2)8-12-4-6-16(22)18(24)10-12;/h11-18H,7-10H2,1-4H3;3-10,21-24H;1H4/b21-15-,22-16-;13-7-,14-8-;. The van der Waals surface area contributed by atoms with E-state index in [1.165, 1.54) is 48.6 Å². The van der Waals surface area contributed by atoms with Crippen molar-refractivity contribution >= 4 is 24.3 Å². The number of hydrogen-bond donors (Lipinski definition) is 4. The van der Waals surface area contributed by atoms with Crippen LogP contribution in [-0.4, -0.2) is 46.9 Å². The molecule has 0 atom stereocenters. The molecule has 57 heavy (non-hydrogen) atoms. The van der Waals surface area contributed by atoms with Crippen LogP contribution in [0.15, 0.2) is 95.6 Å². The van der Waals surface area contributed by atoms with Crippen LogP contribution in [0, 0.1) is 26.3 Å². The molecule has 0 radical (unpaired) electrons. The average Bonchev–Trinajstić information content (AvgIpc) is 3.19. The molecule has 0 aliphatic rings. The van der Waals surface area contributed by atoms with Gasteiger partial charge in [-0.25, -0.2) is 0 Å². The first kappa shape index (κ1) is 45.4. The van der Waals surface area contributed by atoms with Gasteiger partial charge in [0.05, 0.1) is 52.7 Å². The molecule has 4 N–H and O–H groups in total. The van der Waals surface area contributed by atoms with Crippen LogP contribution in [0.2, 0.25) is 0 Å². The zero-order valence-electron chi connectivity index (χ0n) is 31.3. The molecule has 292 valence electrons. The lowest BCUT2D eigenvalue weighted by molar-refractivity contribution is 0.287. The smallest absolute Gasteiger partial charge is 0.195 e. The van der Waals surface area contributed by atoms with Crippen molar-refractivity contribution < 1.29 is 39.4 Å². The number of ether oxygens (including phenoxy) is 4. The molecule has 0 unspecified atom stereocenters. The summed E-state index contributed by atoms with van der Waals surface area (Å²) in [5.41, 5.74) is 2.92. The van der Waals surface area contributed by atoms with E-state index in [-0.39, 0.29) is 53.2 Å². The second-order valence-corrected chi connectivity index (χ2v) is 11.2. The minimum absolute atomic E-state index is 0. The summed E-state index contributed by atoms with van der Waals surface area (Å²) in [6.45, 7) is 39.4. The number of phenols is 4. The van der Waals surface area contributed by atoms with Crippen molar-refractivity contribution in [3.63, 3.8) is 0 Å². The average molecular weight is 769 g/mol. The lowest BCUT2D eigenvalue weighted by Crippen LogP contribution is -1.98. The summed E-state index contributed by atoms with van der Waals surface area (Å²) in [7, 11) is 0. The van der Waals surface area contributed by atoms with Gasteiger partial charge in [-0.1, -0.05) is 56.0 Å². The van der Waals surface area contributed by atoms with Gasteiger partial charge in [0.25, 0.3) is 0 Å². The Morgan fingerprint density at radius 2 is 0.684 bits per heavy atom. The molecule has 4 aromatic rings. The highest BCUT2D eigenvalue weighted by molar-refractivity contribution is 5.72. The Morgan fingerprint density at radius 1 is 0.421 bits per heavy atom. The van der Waals surface area contributed by atoms with Crippen molar-refractivity contribution in [1.82, 2.24) is 0 Å². The fourth-order valence-corrected chi connectivity index (χ4v) is 4.86. The summed E-state index contributed by atoms with van der Waals surface area (Å²) in [5.74, 6) is 1.29. The van der Waals surface area contributed by atoms with Crippen LogP contribution < -0.4 is 18.9 Å². The van der Waals surface area contributed by atoms with E-state index < -0.39 is 0 Å². The first-order valence-electron chi connectivity index (χ1n) is 17.2. The van der Waals surface area contributed by atoms with Gasteiger partial charge in [-0.15, -0.1) is 0 Å². The monoisotopic (exact) mass is 768 g/mol. The second-order valence-electron chi connectivity index (χ2n) is 11.2. The van der Waals surface area contributed by atoms with Crippen LogP contribution in [0.3, 0.4) is 0 Å². The van der Waals surface area contributed by atoms with Crippen LogP contribution in [0.4, 0.5) is 0 Å². The predicted octanol–water partition coefficient (Wildman–Crippen LogP) is 10.9. The minimum Gasteiger partial charge on any atom is -0.504 e. The normalized spacial score (nSPS) is 11.2. The topological polar surface area (TPSA) is 135 Å². The molecule has 0 fully saturated rings. The number of hydrogen-bond acceptors (Lipinski definition) is 8. The molecule has 4 aromatic carbocycles. The zero-order valence-corrected chi connectivity index (χ0v) is 31.3. The Hall–Kier alpha value is -7.80. The van der Waals surface area contributed by atoms with Gasteiger partial charge in [-0.05, 0) is 98.5 Å². The summed E-state index contributed by atoms with van der Waals surface area (Å²) in [4.78, 5) is 13.8. The zero-order chi connectivity index (χ0) is 41.0. The molecular formula is C45H44N4O8. The van der Waals surface area contributed by atoms with Gasteiger partial charge in [-0.3, -0.25) is 19.4 Å². The third kappa shape index (κ3) is 13.2. The third-order valence-electron chi connectivity index (χ3n) is 7.35. The lowest BCUT2D eigenvalue weighted by Gasteiger charge is -2.12. The number of nitrogens with zero attached hydrogens (tertiary/aromatic N) is 4. The molecule has 12 nitrogen and oxygen atoms in total. The van der Waals surface area contributed by atoms with Gasteiger partial charge in [-0.2, -0.15) is 0 Å². The maximum absolute atomic E-state index is 9.49. The first-order chi connectivity index (χ1) is 27.0. The molecule has 0 saturated carbocycles. The summed E-state index contributed by atoms with van der Waals surface area (Å²) >= 11 is 0.